The molecule has 2 N–H and O–H groups in total. The van der Waals surface area contributed by atoms with Gasteiger partial charge < -0.3 is 14.5 Å². The minimum Gasteiger partial charge on any atom is -0.377 e. The molecule has 0 unspecified atom stereocenters. The number of fused-ring (bicyclic) bond motifs is 1. The van der Waals surface area contributed by atoms with Crippen LogP contribution in [0.15, 0.2) is 59.8 Å². The largest absolute Gasteiger partial charge is 0.377 e. The van der Waals surface area contributed by atoms with Crippen molar-refractivity contribution < 1.29 is 17.9 Å². The van der Waals surface area contributed by atoms with E-state index in [2.05, 4.69) is 15.0 Å². The van der Waals surface area contributed by atoms with Crippen molar-refractivity contribution in [2.45, 2.75) is 30.4 Å². The summed E-state index contributed by atoms with van der Waals surface area (Å²) in [6.07, 6.45) is 5.47. The Hall–Kier alpha value is -2.75. The molecule has 9 heteroatoms. The molecule has 1 saturated heterocycles. The fourth-order valence-electron chi connectivity index (χ4n) is 3.22. The highest BCUT2D eigenvalue weighted by molar-refractivity contribution is 7.89. The lowest BCUT2D eigenvalue weighted by Crippen LogP contribution is -2.31. The summed E-state index contributed by atoms with van der Waals surface area (Å²) in [7, 11) is -3.63. The van der Waals surface area contributed by atoms with Gasteiger partial charge in [0.25, 0.3) is 5.91 Å². The number of benzene rings is 1. The molecule has 0 radical (unpaired) electrons. The first kappa shape index (κ1) is 19.6. The number of nitrogens with zero attached hydrogens (tertiary/aromatic N) is 2. The first-order chi connectivity index (χ1) is 14.0. The summed E-state index contributed by atoms with van der Waals surface area (Å²) >= 11 is 0. The molecule has 1 aromatic carbocycles. The molecule has 2 aromatic heterocycles. The Morgan fingerprint density at radius 3 is 2.76 bits per heavy atom. The predicted octanol–water partition coefficient (Wildman–Crippen LogP) is 1.72. The fourth-order valence-corrected chi connectivity index (χ4v) is 4.29. The topological polar surface area (TPSA) is 102 Å². The predicted molar refractivity (Wildman–Crippen MR) is 107 cm³/mol. The Balaban J connectivity index is 1.35. The van der Waals surface area contributed by atoms with Gasteiger partial charge in [0.2, 0.25) is 10.0 Å². The molecule has 3 aromatic rings. The number of amides is 1. The number of pyridine rings is 1. The number of rotatable bonds is 7. The molecule has 1 aliphatic heterocycles. The van der Waals surface area contributed by atoms with Gasteiger partial charge in [-0.15, -0.1) is 0 Å². The van der Waals surface area contributed by atoms with Crippen molar-refractivity contribution in [1.29, 1.82) is 0 Å². The van der Waals surface area contributed by atoms with Crippen LogP contribution in [-0.2, 0) is 21.3 Å². The third-order valence-electron chi connectivity index (χ3n) is 4.80. The van der Waals surface area contributed by atoms with Crippen molar-refractivity contribution in [3.8, 4) is 0 Å². The molecule has 4 rings (SSSR count). The Morgan fingerprint density at radius 2 is 2.03 bits per heavy atom. The summed E-state index contributed by atoms with van der Waals surface area (Å²) in [5, 5.41) is 2.80. The normalized spacial score (nSPS) is 16.9. The van der Waals surface area contributed by atoms with E-state index in [1.54, 1.807) is 0 Å². The molecule has 0 aliphatic carbocycles. The van der Waals surface area contributed by atoms with Crippen molar-refractivity contribution >= 4 is 21.6 Å². The van der Waals surface area contributed by atoms with Crippen LogP contribution in [-0.4, -0.2) is 43.0 Å². The van der Waals surface area contributed by atoms with Gasteiger partial charge in [0.15, 0.2) is 0 Å². The van der Waals surface area contributed by atoms with E-state index in [0.717, 1.165) is 24.2 Å². The van der Waals surface area contributed by atoms with Gasteiger partial charge in [-0.25, -0.2) is 18.1 Å². The second-order valence-corrected chi connectivity index (χ2v) is 8.66. The molecule has 3 heterocycles. The molecule has 29 heavy (non-hydrogen) atoms. The van der Waals surface area contributed by atoms with Crippen molar-refractivity contribution in [2.75, 3.05) is 13.2 Å². The van der Waals surface area contributed by atoms with Gasteiger partial charge in [-0.05, 0) is 49.2 Å². The van der Waals surface area contributed by atoms with Gasteiger partial charge in [0, 0.05) is 31.1 Å². The highest BCUT2D eigenvalue weighted by Gasteiger charge is 2.20. The Bertz CT molecular complexity index is 1070. The lowest BCUT2D eigenvalue weighted by molar-refractivity contribution is 0.0950. The molecule has 1 fully saturated rings. The van der Waals surface area contributed by atoms with Gasteiger partial charge in [-0.2, -0.15) is 0 Å². The van der Waals surface area contributed by atoms with E-state index in [1.807, 2.05) is 35.0 Å². The molecular weight excluding hydrogens is 392 g/mol. The minimum atomic E-state index is -3.63. The highest BCUT2D eigenvalue weighted by atomic mass is 32.2. The van der Waals surface area contributed by atoms with Crippen LogP contribution in [0.2, 0.25) is 0 Å². The lowest BCUT2D eigenvalue weighted by atomic mass is 10.2. The van der Waals surface area contributed by atoms with E-state index in [9.17, 15) is 13.2 Å². The number of sulfonamides is 1. The van der Waals surface area contributed by atoms with Crippen LogP contribution in [0, 0.1) is 0 Å². The summed E-state index contributed by atoms with van der Waals surface area (Å²) in [6.45, 7) is 1.21. The molecule has 8 nitrogen and oxygen atoms in total. The maximum atomic E-state index is 12.4. The molecule has 1 amide bonds. The van der Waals surface area contributed by atoms with E-state index in [4.69, 9.17) is 4.74 Å². The molecule has 1 atom stereocenters. The SMILES string of the molecule is O=C(NCc1cn2ccccc2n1)c1ccc(S(=O)(=O)NC[C@H]2CCCO2)cc1. The number of carbonyl (C=O) groups is 1. The van der Waals surface area contributed by atoms with Crippen LogP contribution < -0.4 is 10.0 Å². The minimum absolute atomic E-state index is 0.0746. The Labute approximate surface area is 169 Å². The van der Waals surface area contributed by atoms with E-state index in [0.29, 0.717) is 12.2 Å². The summed E-state index contributed by atoms with van der Waals surface area (Å²) < 4.78 is 34.6. The van der Waals surface area contributed by atoms with Gasteiger partial charge in [0.05, 0.1) is 23.2 Å². The van der Waals surface area contributed by atoms with E-state index >= 15 is 0 Å². The third kappa shape index (κ3) is 4.64. The Kier molecular flexibility index (Phi) is 5.61. The van der Waals surface area contributed by atoms with Crippen molar-refractivity contribution in [3.05, 3.63) is 66.1 Å². The van der Waals surface area contributed by atoms with Crippen molar-refractivity contribution in [3.63, 3.8) is 0 Å². The second kappa shape index (κ2) is 8.32. The number of nitrogens with one attached hydrogen (secondary N) is 2. The van der Waals surface area contributed by atoms with E-state index in [1.165, 1.54) is 24.3 Å². The van der Waals surface area contributed by atoms with Crippen LogP contribution in [0.5, 0.6) is 0 Å². The number of ether oxygens (including phenoxy) is 1. The van der Waals surface area contributed by atoms with Gasteiger partial charge in [-0.1, -0.05) is 6.07 Å². The van der Waals surface area contributed by atoms with Gasteiger partial charge in [-0.3, -0.25) is 4.79 Å². The number of hydrogen-bond acceptors (Lipinski definition) is 5. The molecular formula is C20H22N4O4S. The average Bonchev–Trinajstić information content (AvgIpc) is 3.40. The second-order valence-electron chi connectivity index (χ2n) is 6.89. The van der Waals surface area contributed by atoms with Crippen molar-refractivity contribution in [1.82, 2.24) is 19.4 Å². The third-order valence-corrected chi connectivity index (χ3v) is 6.24. The number of carbonyl (C=O) groups excluding carboxylic acids is 1. The van der Waals surface area contributed by atoms with Gasteiger partial charge >= 0.3 is 0 Å². The van der Waals surface area contributed by atoms with Crippen molar-refractivity contribution in [2.24, 2.45) is 0 Å². The maximum Gasteiger partial charge on any atom is 0.251 e. The van der Waals surface area contributed by atoms with E-state index in [-0.39, 0.29) is 30.0 Å². The average molecular weight is 414 g/mol. The fraction of sp³-hybridized carbons (Fsp3) is 0.300. The maximum absolute atomic E-state index is 12.4. The van der Waals surface area contributed by atoms with Gasteiger partial charge in [0.1, 0.15) is 5.65 Å². The molecule has 0 bridgehead atoms. The monoisotopic (exact) mass is 414 g/mol. The summed E-state index contributed by atoms with van der Waals surface area (Å²) in [5.74, 6) is -0.293. The molecule has 152 valence electrons. The molecule has 0 spiro atoms. The summed E-state index contributed by atoms with van der Waals surface area (Å²) in [4.78, 5) is 16.9. The number of imidazole rings is 1. The highest BCUT2D eigenvalue weighted by Crippen LogP contribution is 2.14. The number of aromatic nitrogens is 2. The zero-order valence-corrected chi connectivity index (χ0v) is 16.6. The zero-order valence-electron chi connectivity index (χ0n) is 15.7. The zero-order chi connectivity index (χ0) is 20.3. The lowest BCUT2D eigenvalue weighted by Gasteiger charge is -2.11. The Morgan fingerprint density at radius 1 is 1.21 bits per heavy atom. The van der Waals surface area contributed by atoms with Crippen LogP contribution in [0.1, 0.15) is 28.9 Å². The standard InChI is InChI=1S/C20H22N4O4S/c25-20(21-12-16-14-24-10-2-1-5-19(24)23-16)15-6-8-18(9-7-15)29(26,27)22-13-17-4-3-11-28-17/h1-2,5-10,14,17,22H,3-4,11-13H2,(H,21,25)/t17-/m1/s1. The molecule has 0 saturated carbocycles. The van der Waals surface area contributed by atoms with Crippen LogP contribution >= 0.6 is 0 Å². The number of hydrogen-bond donors (Lipinski definition) is 2. The van der Waals surface area contributed by atoms with Crippen LogP contribution in [0.3, 0.4) is 0 Å². The van der Waals surface area contributed by atoms with E-state index < -0.39 is 10.0 Å². The quantitative estimate of drug-likeness (QED) is 0.613. The first-order valence-electron chi connectivity index (χ1n) is 9.43. The smallest absolute Gasteiger partial charge is 0.251 e. The van der Waals surface area contributed by atoms with Crippen LogP contribution in [0.25, 0.3) is 5.65 Å². The first-order valence-corrected chi connectivity index (χ1v) is 10.9. The molecule has 1 aliphatic rings. The summed E-state index contributed by atoms with van der Waals surface area (Å²) in [5.41, 5.74) is 1.93. The summed E-state index contributed by atoms with van der Waals surface area (Å²) in [6, 6.07) is 11.5. The van der Waals surface area contributed by atoms with Crippen LogP contribution in [0.4, 0.5) is 0 Å².